The van der Waals surface area contributed by atoms with Gasteiger partial charge in [-0.2, -0.15) is 0 Å². The molecule has 168 valence electrons. The van der Waals surface area contributed by atoms with Crippen molar-refractivity contribution in [3.63, 3.8) is 0 Å². The number of hydrogen-bond donors (Lipinski definition) is 1. The first-order valence-electron chi connectivity index (χ1n) is 10.8. The standard InChI is InChI=1S/C25H34N2O4/c1-17-10-18(2)15-27(14-17)16-20-8-6-19(7-9-20)13-26-25(28)21-11-23(30-4)24(31-5)12-22(21)29-3/h6-9,11-12,17-18H,10,13-16H2,1-5H3,(H,26,28). The van der Waals surface area contributed by atoms with Crippen LogP contribution in [0, 0.1) is 11.8 Å². The minimum absolute atomic E-state index is 0.224. The van der Waals surface area contributed by atoms with Gasteiger partial charge in [0.15, 0.2) is 11.5 Å². The van der Waals surface area contributed by atoms with E-state index in [2.05, 4.69) is 48.3 Å². The summed E-state index contributed by atoms with van der Waals surface area (Å²) in [6.45, 7) is 8.41. The fourth-order valence-corrected chi connectivity index (χ4v) is 4.43. The Morgan fingerprint density at radius 3 is 2.03 bits per heavy atom. The minimum atomic E-state index is -0.224. The molecule has 0 aromatic heterocycles. The lowest BCUT2D eigenvalue weighted by Crippen LogP contribution is -2.38. The van der Waals surface area contributed by atoms with Crippen molar-refractivity contribution in [2.75, 3.05) is 34.4 Å². The Kier molecular flexibility index (Phi) is 7.80. The molecule has 2 aromatic rings. The normalized spacial score (nSPS) is 19.0. The number of ether oxygens (including phenoxy) is 3. The van der Waals surface area contributed by atoms with Crippen LogP contribution in [-0.2, 0) is 13.1 Å². The van der Waals surface area contributed by atoms with Gasteiger partial charge in [0.05, 0.1) is 26.9 Å². The number of methoxy groups -OCH3 is 3. The van der Waals surface area contributed by atoms with E-state index in [0.717, 1.165) is 37.0 Å². The highest BCUT2D eigenvalue weighted by Crippen LogP contribution is 2.34. The van der Waals surface area contributed by atoms with E-state index in [4.69, 9.17) is 14.2 Å². The number of piperidine rings is 1. The Labute approximate surface area is 185 Å². The summed E-state index contributed by atoms with van der Waals surface area (Å²) in [5.41, 5.74) is 2.76. The number of nitrogens with one attached hydrogen (secondary N) is 1. The van der Waals surface area contributed by atoms with Crippen LogP contribution in [0.25, 0.3) is 0 Å². The first-order valence-corrected chi connectivity index (χ1v) is 10.8. The second-order valence-electron chi connectivity index (χ2n) is 8.55. The summed E-state index contributed by atoms with van der Waals surface area (Å²) >= 11 is 0. The zero-order valence-electron chi connectivity index (χ0n) is 19.2. The van der Waals surface area contributed by atoms with E-state index in [9.17, 15) is 4.79 Å². The van der Waals surface area contributed by atoms with Gasteiger partial charge < -0.3 is 19.5 Å². The van der Waals surface area contributed by atoms with Crippen molar-refractivity contribution in [3.8, 4) is 17.2 Å². The van der Waals surface area contributed by atoms with Gasteiger partial charge >= 0.3 is 0 Å². The molecular formula is C25H34N2O4. The first-order chi connectivity index (χ1) is 14.9. The maximum absolute atomic E-state index is 12.8. The predicted molar refractivity (Wildman–Crippen MR) is 122 cm³/mol. The molecule has 1 heterocycles. The summed E-state index contributed by atoms with van der Waals surface area (Å²) in [6.07, 6.45) is 1.32. The number of amides is 1. The largest absolute Gasteiger partial charge is 0.496 e. The SMILES string of the molecule is COc1cc(OC)c(C(=O)NCc2ccc(CN3CC(C)CC(C)C3)cc2)cc1OC. The zero-order valence-corrected chi connectivity index (χ0v) is 19.2. The molecular weight excluding hydrogens is 392 g/mol. The molecule has 0 radical (unpaired) electrons. The molecule has 0 bridgehead atoms. The van der Waals surface area contributed by atoms with Crippen molar-refractivity contribution < 1.29 is 19.0 Å². The molecule has 6 nitrogen and oxygen atoms in total. The molecule has 0 aliphatic carbocycles. The van der Waals surface area contributed by atoms with Gasteiger partial charge in [-0.1, -0.05) is 38.1 Å². The Morgan fingerprint density at radius 2 is 1.45 bits per heavy atom. The Hall–Kier alpha value is -2.73. The quantitative estimate of drug-likeness (QED) is 0.688. The van der Waals surface area contributed by atoms with E-state index in [1.807, 2.05) is 0 Å². The van der Waals surface area contributed by atoms with Crippen LogP contribution >= 0.6 is 0 Å². The Morgan fingerprint density at radius 1 is 0.903 bits per heavy atom. The summed E-state index contributed by atoms with van der Waals surface area (Å²) in [6, 6.07) is 11.8. The summed E-state index contributed by atoms with van der Waals surface area (Å²) in [7, 11) is 4.62. The lowest BCUT2D eigenvalue weighted by molar-refractivity contribution is 0.0947. The van der Waals surface area contributed by atoms with E-state index in [1.54, 1.807) is 26.4 Å². The molecule has 2 aromatic carbocycles. The molecule has 2 atom stereocenters. The van der Waals surface area contributed by atoms with Crippen molar-refractivity contribution in [1.82, 2.24) is 10.2 Å². The molecule has 1 aliphatic rings. The van der Waals surface area contributed by atoms with E-state index < -0.39 is 0 Å². The van der Waals surface area contributed by atoms with Crippen molar-refractivity contribution in [1.29, 1.82) is 0 Å². The topological polar surface area (TPSA) is 60.0 Å². The number of likely N-dealkylation sites (tertiary alicyclic amines) is 1. The number of carbonyl (C=O) groups excluding carboxylic acids is 1. The summed E-state index contributed by atoms with van der Waals surface area (Å²) in [5.74, 6) is 2.73. The van der Waals surface area contributed by atoms with Crippen LogP contribution in [0.1, 0.15) is 41.8 Å². The highest BCUT2D eigenvalue weighted by molar-refractivity contribution is 5.97. The fourth-order valence-electron chi connectivity index (χ4n) is 4.43. The lowest BCUT2D eigenvalue weighted by Gasteiger charge is -2.35. The van der Waals surface area contributed by atoms with Crippen molar-refractivity contribution in [2.45, 2.75) is 33.4 Å². The number of hydrogen-bond acceptors (Lipinski definition) is 5. The third kappa shape index (κ3) is 5.91. The van der Waals surface area contributed by atoms with Crippen LogP contribution in [0.2, 0.25) is 0 Å². The van der Waals surface area contributed by atoms with E-state index in [-0.39, 0.29) is 5.91 Å². The summed E-state index contributed by atoms with van der Waals surface area (Å²) in [5, 5.41) is 2.97. The molecule has 0 saturated carbocycles. The predicted octanol–water partition coefficient (Wildman–Crippen LogP) is 4.12. The third-order valence-corrected chi connectivity index (χ3v) is 5.78. The number of carbonyl (C=O) groups is 1. The highest BCUT2D eigenvalue weighted by atomic mass is 16.5. The Balaban J connectivity index is 1.60. The van der Waals surface area contributed by atoms with Crippen LogP contribution < -0.4 is 19.5 Å². The average molecular weight is 427 g/mol. The number of benzene rings is 2. The number of rotatable bonds is 8. The molecule has 2 unspecified atom stereocenters. The monoisotopic (exact) mass is 426 g/mol. The van der Waals surface area contributed by atoms with E-state index in [0.29, 0.717) is 29.4 Å². The van der Waals surface area contributed by atoms with Crippen molar-refractivity contribution in [2.24, 2.45) is 11.8 Å². The van der Waals surface area contributed by atoms with Crippen LogP contribution in [0.4, 0.5) is 0 Å². The van der Waals surface area contributed by atoms with Gasteiger partial charge in [0.1, 0.15) is 5.75 Å². The van der Waals surface area contributed by atoms with Gasteiger partial charge in [0, 0.05) is 38.3 Å². The lowest BCUT2D eigenvalue weighted by atomic mass is 9.91. The van der Waals surface area contributed by atoms with Gasteiger partial charge in [-0.15, -0.1) is 0 Å². The highest BCUT2D eigenvalue weighted by Gasteiger charge is 2.21. The smallest absolute Gasteiger partial charge is 0.255 e. The van der Waals surface area contributed by atoms with Crippen LogP contribution in [0.3, 0.4) is 0 Å². The maximum Gasteiger partial charge on any atom is 0.255 e. The molecule has 1 fully saturated rings. The molecule has 31 heavy (non-hydrogen) atoms. The van der Waals surface area contributed by atoms with Crippen LogP contribution in [0.5, 0.6) is 17.2 Å². The van der Waals surface area contributed by atoms with Crippen LogP contribution in [0.15, 0.2) is 36.4 Å². The van der Waals surface area contributed by atoms with Gasteiger partial charge in [-0.3, -0.25) is 9.69 Å². The minimum Gasteiger partial charge on any atom is -0.496 e. The summed E-state index contributed by atoms with van der Waals surface area (Å²) in [4.78, 5) is 15.3. The molecule has 0 spiro atoms. The van der Waals surface area contributed by atoms with Crippen LogP contribution in [-0.4, -0.2) is 45.2 Å². The first kappa shape index (κ1) is 22.9. The van der Waals surface area contributed by atoms with Gasteiger partial charge in [0.25, 0.3) is 5.91 Å². The number of nitrogens with zero attached hydrogens (tertiary/aromatic N) is 1. The van der Waals surface area contributed by atoms with E-state index >= 15 is 0 Å². The molecule has 1 amide bonds. The molecule has 1 aliphatic heterocycles. The fraction of sp³-hybridized carbons (Fsp3) is 0.480. The molecule has 6 heteroatoms. The molecule has 3 rings (SSSR count). The molecule has 1 N–H and O–H groups in total. The zero-order chi connectivity index (χ0) is 22.4. The molecule has 1 saturated heterocycles. The van der Waals surface area contributed by atoms with Gasteiger partial charge in [-0.25, -0.2) is 0 Å². The third-order valence-electron chi connectivity index (χ3n) is 5.78. The summed E-state index contributed by atoms with van der Waals surface area (Å²) < 4.78 is 16.0. The van der Waals surface area contributed by atoms with Gasteiger partial charge in [-0.05, 0) is 29.4 Å². The average Bonchev–Trinajstić information content (AvgIpc) is 2.76. The second-order valence-corrected chi connectivity index (χ2v) is 8.55. The van der Waals surface area contributed by atoms with E-state index in [1.165, 1.54) is 19.1 Å². The van der Waals surface area contributed by atoms with Crippen molar-refractivity contribution >= 4 is 5.91 Å². The Bertz CT molecular complexity index is 872. The van der Waals surface area contributed by atoms with Crippen molar-refractivity contribution in [3.05, 3.63) is 53.1 Å². The van der Waals surface area contributed by atoms with Gasteiger partial charge in [0.2, 0.25) is 0 Å². The maximum atomic E-state index is 12.8. The second kappa shape index (κ2) is 10.5.